The van der Waals surface area contributed by atoms with E-state index in [9.17, 15) is 0 Å². The molecule has 0 aliphatic rings. The van der Waals surface area contributed by atoms with Gasteiger partial charge >= 0.3 is 0 Å². The second-order valence-electron chi connectivity index (χ2n) is 9.15. The maximum atomic E-state index is 5.04. The lowest BCUT2D eigenvalue weighted by molar-refractivity contribution is 1.17. The number of aromatic nitrogens is 3. The first-order valence-electron chi connectivity index (χ1n) is 12.4. The molecule has 0 spiro atoms. The Hall–Kier alpha value is -5.02. The molecule has 0 saturated heterocycles. The average Bonchev–Trinajstić information content (AvgIpc) is 3.32. The number of hydrogen-bond acceptors (Lipinski definition) is 2. The van der Waals surface area contributed by atoms with Crippen molar-refractivity contribution in [1.29, 1.82) is 0 Å². The Labute approximate surface area is 215 Å². The smallest absolute Gasteiger partial charge is 0.0715 e. The summed E-state index contributed by atoms with van der Waals surface area (Å²) < 4.78 is 2.33. The van der Waals surface area contributed by atoms with Crippen molar-refractivity contribution in [1.82, 2.24) is 14.5 Å². The Morgan fingerprint density at radius 3 is 1.81 bits per heavy atom. The fourth-order valence-corrected chi connectivity index (χ4v) is 5.13. The van der Waals surface area contributed by atoms with Gasteiger partial charge < -0.3 is 4.57 Å². The highest BCUT2D eigenvalue weighted by Gasteiger charge is 2.13. The van der Waals surface area contributed by atoms with Crippen molar-refractivity contribution < 1.29 is 0 Å². The lowest BCUT2D eigenvalue weighted by atomic mass is 9.99. The highest BCUT2D eigenvalue weighted by molar-refractivity contribution is 6.08. The number of rotatable bonds is 4. The summed E-state index contributed by atoms with van der Waals surface area (Å²) in [4.78, 5) is 9.43. The minimum Gasteiger partial charge on any atom is -0.309 e. The van der Waals surface area contributed by atoms with Gasteiger partial charge in [-0.2, -0.15) is 0 Å². The van der Waals surface area contributed by atoms with Gasteiger partial charge in [0.05, 0.1) is 22.4 Å². The second-order valence-corrected chi connectivity index (χ2v) is 9.15. The summed E-state index contributed by atoms with van der Waals surface area (Å²) in [7, 11) is 0. The quantitative estimate of drug-likeness (QED) is 0.256. The van der Waals surface area contributed by atoms with E-state index in [0.717, 1.165) is 50.2 Å². The molecule has 0 atom stereocenters. The van der Waals surface area contributed by atoms with E-state index in [4.69, 9.17) is 4.98 Å². The molecule has 0 fully saturated rings. The number of benzene rings is 4. The van der Waals surface area contributed by atoms with E-state index in [2.05, 4.69) is 125 Å². The van der Waals surface area contributed by atoms with E-state index in [-0.39, 0.29) is 0 Å². The molecule has 0 aliphatic heterocycles. The van der Waals surface area contributed by atoms with Gasteiger partial charge in [-0.25, -0.2) is 4.98 Å². The SMILES string of the molecule is c1ccc(-c2cc(-c3cccc(-n4c5ccccc5c5cnccc54)c3)cc(-c3ccccc3)n2)cc1. The zero-order chi connectivity index (χ0) is 24.6. The first-order valence-corrected chi connectivity index (χ1v) is 12.4. The minimum absolute atomic E-state index is 0.963. The molecule has 0 unspecified atom stereocenters. The van der Waals surface area contributed by atoms with Crippen LogP contribution in [0.1, 0.15) is 0 Å². The normalized spacial score (nSPS) is 11.2. The van der Waals surface area contributed by atoms with Crippen molar-refractivity contribution in [2.75, 3.05) is 0 Å². The molecule has 37 heavy (non-hydrogen) atoms. The van der Waals surface area contributed by atoms with E-state index in [1.165, 1.54) is 10.9 Å². The molecule has 0 bridgehead atoms. The van der Waals surface area contributed by atoms with Crippen LogP contribution in [0.2, 0.25) is 0 Å². The van der Waals surface area contributed by atoms with Gasteiger partial charge in [0.2, 0.25) is 0 Å². The number of fused-ring (bicyclic) bond motifs is 3. The number of nitrogens with zero attached hydrogens (tertiary/aromatic N) is 3. The number of para-hydroxylation sites is 1. The van der Waals surface area contributed by atoms with Crippen LogP contribution in [0.15, 0.2) is 140 Å². The molecule has 3 aromatic heterocycles. The Morgan fingerprint density at radius 2 is 1.08 bits per heavy atom. The van der Waals surface area contributed by atoms with Crippen LogP contribution >= 0.6 is 0 Å². The fourth-order valence-electron chi connectivity index (χ4n) is 5.13. The monoisotopic (exact) mass is 473 g/mol. The summed E-state index contributed by atoms with van der Waals surface area (Å²) in [6.45, 7) is 0. The van der Waals surface area contributed by atoms with Crippen LogP contribution in [-0.2, 0) is 0 Å². The minimum atomic E-state index is 0.963. The van der Waals surface area contributed by atoms with Crippen LogP contribution in [-0.4, -0.2) is 14.5 Å². The molecule has 0 saturated carbocycles. The van der Waals surface area contributed by atoms with Gasteiger partial charge in [-0.05, 0) is 47.5 Å². The molecule has 7 aromatic rings. The summed E-state index contributed by atoms with van der Waals surface area (Å²) in [5.74, 6) is 0. The highest BCUT2D eigenvalue weighted by Crippen LogP contribution is 2.34. The van der Waals surface area contributed by atoms with Crippen molar-refractivity contribution >= 4 is 21.8 Å². The third-order valence-electron chi connectivity index (χ3n) is 6.88. The molecule has 7 rings (SSSR count). The molecular formula is C34H23N3. The molecule has 174 valence electrons. The molecule has 3 heterocycles. The molecule has 0 radical (unpaired) electrons. The van der Waals surface area contributed by atoms with Crippen LogP contribution in [0.25, 0.3) is 61.1 Å². The van der Waals surface area contributed by atoms with Crippen molar-refractivity contribution in [2.24, 2.45) is 0 Å². The van der Waals surface area contributed by atoms with Gasteiger partial charge in [0.25, 0.3) is 0 Å². The van der Waals surface area contributed by atoms with Gasteiger partial charge in [0, 0.05) is 40.0 Å². The van der Waals surface area contributed by atoms with E-state index < -0.39 is 0 Å². The standard InChI is InChI=1S/C34H23N3/c1-3-10-24(11-4-1)31-21-27(22-32(36-31)25-12-5-2-6-13-25)26-14-9-15-28(20-26)37-33-17-8-7-16-29(33)30-23-35-19-18-34(30)37/h1-23H. The lowest BCUT2D eigenvalue weighted by Crippen LogP contribution is -1.95. The maximum Gasteiger partial charge on any atom is 0.0715 e. The Morgan fingerprint density at radius 1 is 0.459 bits per heavy atom. The third-order valence-corrected chi connectivity index (χ3v) is 6.88. The Kier molecular flexibility index (Phi) is 5.11. The predicted molar refractivity (Wildman–Crippen MR) is 153 cm³/mol. The summed E-state index contributed by atoms with van der Waals surface area (Å²) >= 11 is 0. The molecule has 3 heteroatoms. The number of hydrogen-bond donors (Lipinski definition) is 0. The van der Waals surface area contributed by atoms with Gasteiger partial charge in [-0.3, -0.25) is 4.98 Å². The second kappa shape index (κ2) is 8.89. The average molecular weight is 474 g/mol. The Bertz CT molecular complexity index is 1760. The van der Waals surface area contributed by atoms with Crippen LogP contribution in [0.5, 0.6) is 0 Å². The van der Waals surface area contributed by atoms with Gasteiger partial charge in [0.15, 0.2) is 0 Å². The van der Waals surface area contributed by atoms with Crippen molar-refractivity contribution in [2.45, 2.75) is 0 Å². The lowest BCUT2D eigenvalue weighted by Gasteiger charge is -2.13. The van der Waals surface area contributed by atoms with Crippen LogP contribution in [0.3, 0.4) is 0 Å². The summed E-state index contributed by atoms with van der Waals surface area (Å²) in [5.41, 5.74) is 9.86. The molecule has 3 nitrogen and oxygen atoms in total. The van der Waals surface area contributed by atoms with Gasteiger partial charge in [-0.15, -0.1) is 0 Å². The van der Waals surface area contributed by atoms with Crippen molar-refractivity contribution in [3.63, 3.8) is 0 Å². The van der Waals surface area contributed by atoms with Gasteiger partial charge in [0.1, 0.15) is 0 Å². The fraction of sp³-hybridized carbons (Fsp3) is 0. The van der Waals surface area contributed by atoms with Crippen LogP contribution < -0.4 is 0 Å². The largest absolute Gasteiger partial charge is 0.309 e. The zero-order valence-corrected chi connectivity index (χ0v) is 20.1. The topological polar surface area (TPSA) is 30.7 Å². The summed E-state index contributed by atoms with van der Waals surface area (Å²) in [6, 6.07) is 44.5. The number of pyridine rings is 2. The summed E-state index contributed by atoms with van der Waals surface area (Å²) in [5, 5.41) is 2.36. The van der Waals surface area contributed by atoms with E-state index in [0.29, 0.717) is 0 Å². The van der Waals surface area contributed by atoms with Crippen LogP contribution in [0.4, 0.5) is 0 Å². The summed E-state index contributed by atoms with van der Waals surface area (Å²) in [6.07, 6.45) is 3.82. The first-order chi connectivity index (χ1) is 18.3. The van der Waals surface area contributed by atoms with E-state index in [1.54, 1.807) is 0 Å². The maximum absolute atomic E-state index is 5.04. The van der Waals surface area contributed by atoms with E-state index in [1.807, 2.05) is 24.5 Å². The highest BCUT2D eigenvalue weighted by atomic mass is 15.0. The molecule has 0 N–H and O–H groups in total. The van der Waals surface area contributed by atoms with Gasteiger partial charge in [-0.1, -0.05) is 91.0 Å². The first kappa shape index (κ1) is 21.3. The molecule has 0 amide bonds. The van der Waals surface area contributed by atoms with Crippen LogP contribution in [0, 0.1) is 0 Å². The third kappa shape index (κ3) is 3.78. The Balaban J connectivity index is 1.44. The van der Waals surface area contributed by atoms with Crippen molar-refractivity contribution in [3.05, 3.63) is 140 Å². The zero-order valence-electron chi connectivity index (χ0n) is 20.1. The molecule has 0 aliphatic carbocycles. The molecular weight excluding hydrogens is 450 g/mol. The van der Waals surface area contributed by atoms with Crippen molar-refractivity contribution in [3.8, 4) is 39.3 Å². The predicted octanol–water partition coefficient (Wildman–Crippen LogP) is 8.57. The van der Waals surface area contributed by atoms with E-state index >= 15 is 0 Å². The molecule has 4 aromatic carbocycles.